The Labute approximate surface area is 433 Å². The molecule has 0 saturated carbocycles. The third-order valence-electron chi connectivity index (χ3n) is 12.9. The molecule has 0 rings (SSSR count). The van der Waals surface area contributed by atoms with Crippen LogP contribution in [0.5, 0.6) is 0 Å². The summed E-state index contributed by atoms with van der Waals surface area (Å²) in [4.78, 5) is 38.2. The maximum Gasteiger partial charge on any atom is 0.306 e. The normalized spacial score (nSPS) is 12.6. The third kappa shape index (κ3) is 55.8. The lowest BCUT2D eigenvalue weighted by molar-refractivity contribution is -0.167. The summed E-state index contributed by atoms with van der Waals surface area (Å²) in [6, 6.07) is 0. The lowest BCUT2D eigenvalue weighted by Gasteiger charge is -2.18. The molecule has 6 heteroatoms. The minimum absolute atomic E-state index is 0.0840. The number of unbranched alkanes of at least 4 members (excludes halogenated alkanes) is 31. The molecule has 0 aromatic carbocycles. The quantitative estimate of drug-likeness (QED) is 0.0261. The smallest absolute Gasteiger partial charge is 0.306 e. The van der Waals surface area contributed by atoms with Crippen molar-refractivity contribution in [1.82, 2.24) is 0 Å². The molecule has 0 bridgehead atoms. The zero-order valence-electron chi connectivity index (χ0n) is 46.3. The first-order valence-electron chi connectivity index (χ1n) is 29.9. The Hall–Kier alpha value is -3.15. The van der Waals surface area contributed by atoms with Crippen molar-refractivity contribution < 1.29 is 28.6 Å². The fourth-order valence-electron chi connectivity index (χ4n) is 8.45. The molecule has 0 saturated heterocycles. The zero-order chi connectivity index (χ0) is 50.7. The van der Waals surface area contributed by atoms with Crippen LogP contribution >= 0.6 is 0 Å². The van der Waals surface area contributed by atoms with E-state index < -0.39 is 6.10 Å². The average Bonchev–Trinajstić information content (AvgIpc) is 3.36. The van der Waals surface area contributed by atoms with E-state index in [1.807, 2.05) is 0 Å². The van der Waals surface area contributed by atoms with Gasteiger partial charge in [-0.15, -0.1) is 0 Å². The van der Waals surface area contributed by atoms with Gasteiger partial charge in [0.2, 0.25) is 0 Å². The molecule has 0 heterocycles. The van der Waals surface area contributed by atoms with E-state index in [1.54, 1.807) is 0 Å². The highest BCUT2D eigenvalue weighted by Gasteiger charge is 2.19. The van der Waals surface area contributed by atoms with Crippen molar-refractivity contribution in [2.24, 2.45) is 0 Å². The van der Waals surface area contributed by atoms with Crippen LogP contribution in [-0.2, 0) is 28.6 Å². The minimum atomic E-state index is -0.785. The summed E-state index contributed by atoms with van der Waals surface area (Å²) >= 11 is 0. The largest absolute Gasteiger partial charge is 0.462 e. The molecule has 0 aliphatic heterocycles. The predicted molar refractivity (Wildman–Crippen MR) is 302 cm³/mol. The van der Waals surface area contributed by atoms with Gasteiger partial charge in [0.25, 0.3) is 0 Å². The molecule has 0 spiro atoms. The second-order valence-corrected chi connectivity index (χ2v) is 19.9. The van der Waals surface area contributed by atoms with E-state index in [0.717, 1.165) is 116 Å². The molecule has 0 amide bonds. The van der Waals surface area contributed by atoms with Crippen LogP contribution in [0, 0.1) is 0 Å². The number of allylic oxidation sites excluding steroid dienone is 12. The van der Waals surface area contributed by atoms with Crippen molar-refractivity contribution in [3.8, 4) is 0 Å². The molecule has 1 atom stereocenters. The van der Waals surface area contributed by atoms with Crippen LogP contribution in [0.4, 0.5) is 0 Å². The zero-order valence-corrected chi connectivity index (χ0v) is 46.3. The van der Waals surface area contributed by atoms with Crippen LogP contribution in [-0.4, -0.2) is 37.2 Å². The van der Waals surface area contributed by atoms with Crippen LogP contribution < -0.4 is 0 Å². The Bertz CT molecular complexity index is 1310. The monoisotopic (exact) mass is 977 g/mol. The standard InChI is InChI=1S/C64H112O6/c1-4-7-10-13-16-19-22-24-26-28-30-32-34-35-37-39-42-45-48-51-54-57-63(66)69-60-61(59-68-62(65)56-53-50-47-44-41-21-18-15-12-9-6-3)70-64(67)58-55-52-49-46-43-40-38-36-33-31-29-27-25-23-20-17-14-11-8-5-2/h7,10,15-16,18-19,24,26,30,32,35,37,61H,4-6,8-9,11-14,17,20-23,25,27-29,31,33-34,36,38-60H2,1-3H3/b10-7-,18-15-,19-16-,26-24-,32-30-,37-35-. The molecule has 0 aliphatic rings. The van der Waals surface area contributed by atoms with Gasteiger partial charge >= 0.3 is 17.9 Å². The van der Waals surface area contributed by atoms with Gasteiger partial charge < -0.3 is 14.2 Å². The summed E-state index contributed by atoms with van der Waals surface area (Å²) in [6.45, 7) is 6.50. The third-order valence-corrected chi connectivity index (χ3v) is 12.9. The summed E-state index contributed by atoms with van der Waals surface area (Å²) in [5, 5.41) is 0. The lowest BCUT2D eigenvalue weighted by Crippen LogP contribution is -2.30. The highest BCUT2D eigenvalue weighted by molar-refractivity contribution is 5.71. The van der Waals surface area contributed by atoms with Gasteiger partial charge in [-0.2, -0.15) is 0 Å². The average molecular weight is 978 g/mol. The minimum Gasteiger partial charge on any atom is -0.462 e. The SMILES string of the molecule is CC/C=C\C/C=C\C/C=C\C/C=C\C/C=C\CCCCCCCC(=O)OCC(COC(=O)CCCCCCC/C=C\CCCC)OC(=O)CCCCCCCCCCCCCCCCCCCCCC. The highest BCUT2D eigenvalue weighted by atomic mass is 16.6. The van der Waals surface area contributed by atoms with Crippen LogP contribution in [0.15, 0.2) is 72.9 Å². The molecular weight excluding hydrogens is 865 g/mol. The van der Waals surface area contributed by atoms with E-state index in [4.69, 9.17) is 14.2 Å². The number of ether oxygens (including phenoxy) is 3. The van der Waals surface area contributed by atoms with Crippen molar-refractivity contribution in [2.45, 2.75) is 303 Å². The Balaban J connectivity index is 4.33. The lowest BCUT2D eigenvalue weighted by atomic mass is 10.0. The van der Waals surface area contributed by atoms with Crippen molar-refractivity contribution >= 4 is 17.9 Å². The van der Waals surface area contributed by atoms with E-state index in [-0.39, 0.29) is 31.1 Å². The molecule has 1 unspecified atom stereocenters. The van der Waals surface area contributed by atoms with Gasteiger partial charge in [0.1, 0.15) is 13.2 Å². The molecule has 0 aromatic heterocycles. The maximum absolute atomic E-state index is 12.9. The predicted octanol–water partition coefficient (Wildman–Crippen LogP) is 20.2. The second-order valence-electron chi connectivity index (χ2n) is 19.9. The van der Waals surface area contributed by atoms with Gasteiger partial charge in [-0.25, -0.2) is 0 Å². The number of carbonyl (C=O) groups excluding carboxylic acids is 3. The number of hydrogen-bond acceptors (Lipinski definition) is 6. The van der Waals surface area contributed by atoms with Crippen LogP contribution in [0.3, 0.4) is 0 Å². The van der Waals surface area contributed by atoms with Crippen molar-refractivity contribution in [3.63, 3.8) is 0 Å². The Morgan fingerprint density at radius 2 is 0.571 bits per heavy atom. The summed E-state index contributed by atoms with van der Waals surface area (Å²) < 4.78 is 16.9. The van der Waals surface area contributed by atoms with Crippen LogP contribution in [0.25, 0.3) is 0 Å². The molecule has 0 N–H and O–H groups in total. The number of carbonyl (C=O) groups is 3. The molecule has 70 heavy (non-hydrogen) atoms. The first-order chi connectivity index (χ1) is 34.5. The second kappa shape index (κ2) is 58.4. The molecule has 0 fully saturated rings. The molecular formula is C64H112O6. The highest BCUT2D eigenvalue weighted by Crippen LogP contribution is 2.16. The maximum atomic E-state index is 12.9. The van der Waals surface area contributed by atoms with Crippen LogP contribution in [0.2, 0.25) is 0 Å². The first kappa shape index (κ1) is 66.9. The number of rotatable bonds is 54. The van der Waals surface area contributed by atoms with Crippen LogP contribution in [0.1, 0.15) is 297 Å². The summed E-state index contributed by atoms with van der Waals surface area (Å²) in [7, 11) is 0. The Morgan fingerprint density at radius 3 is 0.929 bits per heavy atom. The Morgan fingerprint density at radius 1 is 0.300 bits per heavy atom. The Kier molecular flexibility index (Phi) is 55.8. The van der Waals surface area contributed by atoms with Gasteiger partial charge in [-0.1, -0.05) is 267 Å². The van der Waals surface area contributed by atoms with Gasteiger partial charge in [-0.3, -0.25) is 14.4 Å². The molecule has 0 radical (unpaired) electrons. The van der Waals surface area contributed by atoms with Gasteiger partial charge in [-0.05, 0) is 83.5 Å². The fourth-order valence-corrected chi connectivity index (χ4v) is 8.45. The van der Waals surface area contributed by atoms with Crippen molar-refractivity contribution in [3.05, 3.63) is 72.9 Å². The van der Waals surface area contributed by atoms with Gasteiger partial charge in [0, 0.05) is 19.3 Å². The summed E-state index contributed by atoms with van der Waals surface area (Å²) in [5.74, 6) is -0.900. The molecule has 6 nitrogen and oxygen atoms in total. The summed E-state index contributed by atoms with van der Waals surface area (Å²) in [5.41, 5.74) is 0. The molecule has 0 aliphatic carbocycles. The molecule has 0 aromatic rings. The topological polar surface area (TPSA) is 78.9 Å². The molecule has 404 valence electrons. The van der Waals surface area contributed by atoms with E-state index in [1.165, 1.54) is 141 Å². The van der Waals surface area contributed by atoms with E-state index in [0.29, 0.717) is 19.3 Å². The summed E-state index contributed by atoms with van der Waals surface area (Å²) in [6.07, 6.45) is 74.7. The van der Waals surface area contributed by atoms with Gasteiger partial charge in [0.05, 0.1) is 0 Å². The van der Waals surface area contributed by atoms with E-state index >= 15 is 0 Å². The van der Waals surface area contributed by atoms with Gasteiger partial charge in [0.15, 0.2) is 6.10 Å². The van der Waals surface area contributed by atoms with Crippen molar-refractivity contribution in [2.75, 3.05) is 13.2 Å². The van der Waals surface area contributed by atoms with E-state index in [9.17, 15) is 14.4 Å². The fraction of sp³-hybridized carbons (Fsp3) is 0.766. The first-order valence-corrected chi connectivity index (χ1v) is 29.9. The van der Waals surface area contributed by atoms with E-state index in [2.05, 4.69) is 93.7 Å². The number of esters is 3. The number of hydrogen-bond donors (Lipinski definition) is 0. The van der Waals surface area contributed by atoms with Crippen molar-refractivity contribution in [1.29, 1.82) is 0 Å².